The average molecular weight is 303 g/mol. The van der Waals surface area contributed by atoms with Crippen LogP contribution in [0.25, 0.3) is 0 Å². The lowest BCUT2D eigenvalue weighted by molar-refractivity contribution is -0.132. The van der Waals surface area contributed by atoms with Crippen LogP contribution in [0, 0.1) is 12.8 Å². The first-order valence-electron chi connectivity index (χ1n) is 8.15. The minimum Gasteiger partial charge on any atom is -0.384 e. The Balaban J connectivity index is 1.79. The zero-order valence-electron chi connectivity index (χ0n) is 13.5. The first-order chi connectivity index (χ1) is 10.7. The molecular weight excluding hydrogens is 278 g/mol. The number of carbonyl (C=O) groups is 1. The van der Waals surface area contributed by atoms with Gasteiger partial charge in [-0.05, 0) is 31.7 Å². The molecule has 0 radical (unpaired) electrons. The molecule has 0 bridgehead atoms. The van der Waals surface area contributed by atoms with Gasteiger partial charge in [-0.25, -0.2) is 4.98 Å². The van der Waals surface area contributed by atoms with Gasteiger partial charge in [0.2, 0.25) is 5.91 Å². The van der Waals surface area contributed by atoms with E-state index in [2.05, 4.69) is 11.0 Å². The normalized spacial score (nSPS) is 18.1. The number of carbonyl (C=O) groups excluding carboxylic acids is 1. The van der Waals surface area contributed by atoms with E-state index >= 15 is 0 Å². The number of rotatable bonds is 5. The van der Waals surface area contributed by atoms with Crippen molar-refractivity contribution in [2.45, 2.75) is 32.7 Å². The van der Waals surface area contributed by atoms with Crippen LogP contribution in [-0.4, -0.2) is 49.1 Å². The molecule has 0 aromatic carbocycles. The summed E-state index contributed by atoms with van der Waals surface area (Å²) in [5, 5.41) is 0. The summed E-state index contributed by atoms with van der Waals surface area (Å²) in [7, 11) is 1.63. The highest BCUT2D eigenvalue weighted by Gasteiger charge is 2.29. The van der Waals surface area contributed by atoms with Crippen molar-refractivity contribution in [1.82, 2.24) is 9.88 Å². The number of hydrogen-bond donors (Lipinski definition) is 0. The highest BCUT2D eigenvalue weighted by atomic mass is 16.5. The molecule has 2 heterocycles. The number of aryl methyl sites for hydroxylation is 1. The summed E-state index contributed by atoms with van der Waals surface area (Å²) in [4.78, 5) is 21.4. The number of nitrogens with zero attached hydrogens (tertiary/aromatic N) is 3. The Morgan fingerprint density at radius 2 is 2.18 bits per heavy atom. The molecule has 5 nitrogen and oxygen atoms in total. The summed E-state index contributed by atoms with van der Waals surface area (Å²) >= 11 is 0. The van der Waals surface area contributed by atoms with Crippen LogP contribution in [0.4, 0.5) is 5.82 Å². The van der Waals surface area contributed by atoms with Crippen molar-refractivity contribution < 1.29 is 9.53 Å². The predicted molar refractivity (Wildman–Crippen MR) is 85.8 cm³/mol. The van der Waals surface area contributed by atoms with Gasteiger partial charge >= 0.3 is 0 Å². The van der Waals surface area contributed by atoms with Crippen molar-refractivity contribution in [3.63, 3.8) is 0 Å². The summed E-state index contributed by atoms with van der Waals surface area (Å²) < 4.78 is 5.03. The van der Waals surface area contributed by atoms with Crippen molar-refractivity contribution in [2.75, 3.05) is 38.3 Å². The van der Waals surface area contributed by atoms with Crippen LogP contribution >= 0.6 is 0 Å². The van der Waals surface area contributed by atoms with Gasteiger partial charge in [0, 0.05) is 44.5 Å². The van der Waals surface area contributed by atoms with E-state index in [1.54, 1.807) is 7.11 Å². The number of ether oxygens (including phenoxy) is 1. The molecule has 0 saturated heterocycles. The number of methoxy groups -OCH3 is 1. The first-order valence-corrected chi connectivity index (χ1v) is 8.15. The monoisotopic (exact) mass is 303 g/mol. The molecule has 1 saturated carbocycles. The highest BCUT2D eigenvalue weighted by Crippen LogP contribution is 2.33. The van der Waals surface area contributed by atoms with Crippen LogP contribution in [0.1, 0.15) is 30.5 Å². The van der Waals surface area contributed by atoms with Crippen molar-refractivity contribution in [2.24, 2.45) is 5.92 Å². The minimum absolute atomic E-state index is 0.168. The number of anilines is 1. The Hall–Kier alpha value is -1.62. The van der Waals surface area contributed by atoms with Gasteiger partial charge in [0.05, 0.1) is 13.0 Å². The van der Waals surface area contributed by atoms with E-state index in [0.29, 0.717) is 19.6 Å². The van der Waals surface area contributed by atoms with E-state index in [1.807, 2.05) is 17.9 Å². The lowest BCUT2D eigenvalue weighted by Gasteiger charge is -2.24. The second-order valence-corrected chi connectivity index (χ2v) is 6.38. The van der Waals surface area contributed by atoms with Crippen molar-refractivity contribution in [1.29, 1.82) is 0 Å². The van der Waals surface area contributed by atoms with E-state index in [9.17, 15) is 4.79 Å². The summed E-state index contributed by atoms with van der Waals surface area (Å²) in [6.07, 6.45) is 3.11. The Labute approximate surface area is 132 Å². The van der Waals surface area contributed by atoms with Gasteiger partial charge in [-0.15, -0.1) is 0 Å². The summed E-state index contributed by atoms with van der Waals surface area (Å²) in [6.45, 7) is 5.89. The van der Waals surface area contributed by atoms with Crippen molar-refractivity contribution >= 4 is 11.7 Å². The number of amides is 1. The molecule has 1 aromatic heterocycles. The molecule has 1 fully saturated rings. The molecule has 1 amide bonds. The quantitative estimate of drug-likeness (QED) is 0.834. The molecule has 1 aromatic rings. The number of hydrogen-bond acceptors (Lipinski definition) is 4. The molecule has 5 heteroatoms. The Kier molecular flexibility index (Phi) is 4.62. The smallest absolute Gasteiger partial charge is 0.225 e. The molecule has 3 rings (SSSR count). The van der Waals surface area contributed by atoms with Crippen LogP contribution in [0.5, 0.6) is 0 Å². The zero-order valence-corrected chi connectivity index (χ0v) is 13.5. The van der Waals surface area contributed by atoms with E-state index in [1.165, 1.54) is 12.8 Å². The van der Waals surface area contributed by atoms with Gasteiger partial charge in [-0.3, -0.25) is 4.79 Å². The third-order valence-electron chi connectivity index (χ3n) is 4.44. The second kappa shape index (κ2) is 6.65. The van der Waals surface area contributed by atoms with E-state index in [4.69, 9.17) is 9.72 Å². The van der Waals surface area contributed by atoms with Gasteiger partial charge in [0.15, 0.2) is 0 Å². The molecule has 0 N–H and O–H groups in total. The van der Waals surface area contributed by atoms with E-state index in [0.717, 1.165) is 42.6 Å². The molecule has 1 aliphatic carbocycles. The fourth-order valence-electron chi connectivity index (χ4n) is 2.95. The largest absolute Gasteiger partial charge is 0.384 e. The SMILES string of the molecule is COCCC(=O)N1CCN(CC2CC2)c2nc(C)ccc2C1. The zero-order chi connectivity index (χ0) is 15.5. The maximum atomic E-state index is 12.3. The standard InChI is InChI=1S/C17H25N3O2/c1-13-3-6-15-12-19(16(21)7-10-22-2)8-9-20(17(15)18-13)11-14-4-5-14/h3,6,14H,4-5,7-12H2,1-2H3. The lowest BCUT2D eigenvalue weighted by Crippen LogP contribution is -2.36. The molecule has 22 heavy (non-hydrogen) atoms. The molecule has 120 valence electrons. The maximum Gasteiger partial charge on any atom is 0.225 e. The third-order valence-corrected chi connectivity index (χ3v) is 4.44. The summed E-state index contributed by atoms with van der Waals surface area (Å²) in [6, 6.07) is 4.16. The third kappa shape index (κ3) is 3.58. The summed E-state index contributed by atoms with van der Waals surface area (Å²) in [5.74, 6) is 2.06. The molecule has 1 aliphatic heterocycles. The molecular formula is C17H25N3O2. The topological polar surface area (TPSA) is 45.7 Å². The van der Waals surface area contributed by atoms with Crippen LogP contribution < -0.4 is 4.90 Å². The van der Waals surface area contributed by atoms with Gasteiger partial charge in [0.1, 0.15) is 5.82 Å². The molecule has 0 spiro atoms. The van der Waals surface area contributed by atoms with E-state index in [-0.39, 0.29) is 5.91 Å². The van der Waals surface area contributed by atoms with Crippen molar-refractivity contribution in [3.05, 3.63) is 23.4 Å². The molecule has 0 atom stereocenters. The first kappa shape index (κ1) is 15.3. The lowest BCUT2D eigenvalue weighted by atomic mass is 10.2. The van der Waals surface area contributed by atoms with Gasteiger partial charge in [-0.2, -0.15) is 0 Å². The highest BCUT2D eigenvalue weighted by molar-refractivity contribution is 5.76. The predicted octanol–water partition coefficient (Wildman–Crippen LogP) is 1.99. The van der Waals surface area contributed by atoms with Crippen LogP contribution in [-0.2, 0) is 16.1 Å². The van der Waals surface area contributed by atoms with Gasteiger partial charge in [0.25, 0.3) is 0 Å². The van der Waals surface area contributed by atoms with Crippen LogP contribution in [0.15, 0.2) is 12.1 Å². The van der Waals surface area contributed by atoms with Crippen LogP contribution in [0.3, 0.4) is 0 Å². The van der Waals surface area contributed by atoms with E-state index < -0.39 is 0 Å². The number of fused-ring (bicyclic) bond motifs is 1. The Morgan fingerprint density at radius 1 is 1.36 bits per heavy atom. The number of pyridine rings is 1. The number of aromatic nitrogens is 1. The van der Waals surface area contributed by atoms with Gasteiger partial charge < -0.3 is 14.5 Å². The maximum absolute atomic E-state index is 12.3. The Bertz CT molecular complexity index is 543. The molecule has 2 aliphatic rings. The second-order valence-electron chi connectivity index (χ2n) is 6.38. The minimum atomic E-state index is 0.168. The van der Waals surface area contributed by atoms with Gasteiger partial charge in [-0.1, -0.05) is 6.07 Å². The summed E-state index contributed by atoms with van der Waals surface area (Å²) in [5.41, 5.74) is 2.20. The fraction of sp³-hybridized carbons (Fsp3) is 0.647. The van der Waals surface area contributed by atoms with Crippen molar-refractivity contribution in [3.8, 4) is 0 Å². The Morgan fingerprint density at radius 3 is 2.91 bits per heavy atom. The fourth-order valence-corrected chi connectivity index (χ4v) is 2.95. The molecule has 0 unspecified atom stereocenters. The average Bonchev–Trinajstić information content (AvgIpc) is 3.33. The van der Waals surface area contributed by atoms with Crippen LogP contribution in [0.2, 0.25) is 0 Å².